The normalized spacial score (nSPS) is 13.4. The lowest BCUT2D eigenvalue weighted by Gasteiger charge is -2.12. The molecule has 1 aliphatic rings. The molecule has 6 heteroatoms. The van der Waals surface area contributed by atoms with Crippen LogP contribution < -0.4 is 16.2 Å². The molecule has 0 radical (unpaired) electrons. The van der Waals surface area contributed by atoms with E-state index in [0.717, 1.165) is 12.8 Å². The number of H-pyrrole nitrogens is 1. The third-order valence-electron chi connectivity index (χ3n) is 4.33. The Kier molecular flexibility index (Phi) is 4.01. The van der Waals surface area contributed by atoms with Crippen LogP contribution in [0.5, 0.6) is 0 Å². The Labute approximate surface area is 149 Å². The fourth-order valence-corrected chi connectivity index (χ4v) is 2.86. The molecule has 3 aromatic rings. The number of amides is 2. The van der Waals surface area contributed by atoms with Crippen molar-refractivity contribution in [2.45, 2.75) is 18.9 Å². The number of benzene rings is 2. The van der Waals surface area contributed by atoms with Gasteiger partial charge in [0.05, 0.1) is 16.8 Å². The lowest BCUT2D eigenvalue weighted by Crippen LogP contribution is -2.27. The van der Waals surface area contributed by atoms with Gasteiger partial charge in [-0.05, 0) is 31.0 Å². The molecular weight excluding hydrogens is 330 g/mol. The highest BCUT2D eigenvalue weighted by molar-refractivity contribution is 6.14. The molecule has 1 aliphatic carbocycles. The lowest BCUT2D eigenvalue weighted by molar-refractivity contribution is 0.0952. The second kappa shape index (κ2) is 6.48. The quantitative estimate of drug-likeness (QED) is 0.678. The molecule has 26 heavy (non-hydrogen) atoms. The Morgan fingerprint density at radius 1 is 0.923 bits per heavy atom. The van der Waals surface area contributed by atoms with E-state index >= 15 is 0 Å². The summed E-state index contributed by atoms with van der Waals surface area (Å²) in [6.45, 7) is 0. The maximum absolute atomic E-state index is 12.8. The topological polar surface area (TPSA) is 91.1 Å². The molecular formula is C20H17N3O3. The van der Waals surface area contributed by atoms with Gasteiger partial charge in [0, 0.05) is 23.0 Å². The first-order valence-corrected chi connectivity index (χ1v) is 8.45. The van der Waals surface area contributed by atoms with Crippen molar-refractivity contribution in [2.75, 3.05) is 5.32 Å². The smallest absolute Gasteiger partial charge is 0.256 e. The Morgan fingerprint density at radius 2 is 1.65 bits per heavy atom. The minimum absolute atomic E-state index is 0.209. The highest BCUT2D eigenvalue weighted by atomic mass is 16.2. The fraction of sp³-hybridized carbons (Fsp3) is 0.150. The number of hydrogen-bond donors (Lipinski definition) is 3. The van der Waals surface area contributed by atoms with Crippen LogP contribution in [0.25, 0.3) is 10.9 Å². The van der Waals surface area contributed by atoms with Gasteiger partial charge in [0.1, 0.15) is 0 Å². The van der Waals surface area contributed by atoms with Gasteiger partial charge in [-0.2, -0.15) is 0 Å². The van der Waals surface area contributed by atoms with Crippen LogP contribution in [-0.2, 0) is 0 Å². The number of rotatable bonds is 4. The molecule has 0 atom stereocenters. The number of carbonyl (C=O) groups excluding carboxylic acids is 2. The summed E-state index contributed by atoms with van der Waals surface area (Å²) in [5, 5.41) is 6.33. The van der Waals surface area contributed by atoms with Crippen LogP contribution in [0.4, 0.5) is 5.69 Å². The van der Waals surface area contributed by atoms with E-state index in [1.807, 2.05) is 0 Å². The minimum atomic E-state index is -0.432. The first kappa shape index (κ1) is 16.1. The van der Waals surface area contributed by atoms with Crippen molar-refractivity contribution in [3.8, 4) is 0 Å². The first-order chi connectivity index (χ1) is 12.6. The van der Waals surface area contributed by atoms with Gasteiger partial charge in [-0.3, -0.25) is 14.4 Å². The highest BCUT2D eigenvalue weighted by Gasteiger charge is 2.25. The average Bonchev–Trinajstić information content (AvgIpc) is 3.45. The number of aromatic amines is 1. The van der Waals surface area contributed by atoms with Crippen molar-refractivity contribution in [3.05, 3.63) is 76.1 Å². The lowest BCUT2D eigenvalue weighted by atomic mass is 10.1. The Morgan fingerprint density at radius 3 is 2.46 bits per heavy atom. The number of pyridine rings is 1. The van der Waals surface area contributed by atoms with Gasteiger partial charge < -0.3 is 15.6 Å². The van der Waals surface area contributed by atoms with Crippen LogP contribution >= 0.6 is 0 Å². The fourth-order valence-electron chi connectivity index (χ4n) is 2.86. The van der Waals surface area contributed by atoms with E-state index in [-0.39, 0.29) is 23.1 Å². The maximum atomic E-state index is 12.8. The Bertz CT molecular complexity index is 1070. The molecule has 2 aromatic carbocycles. The number of anilines is 1. The van der Waals surface area contributed by atoms with Crippen molar-refractivity contribution < 1.29 is 9.59 Å². The molecule has 0 spiro atoms. The van der Waals surface area contributed by atoms with Crippen LogP contribution in [-0.4, -0.2) is 22.8 Å². The summed E-state index contributed by atoms with van der Waals surface area (Å²) in [5.41, 5.74) is 1.32. The summed E-state index contributed by atoms with van der Waals surface area (Å²) in [6.07, 6.45) is 1.97. The standard InChI is InChI=1S/C20H17N3O3/c24-18-11-15(13-5-1-3-7-16(13)22-18)20(26)23-17-8-4-2-6-14(17)19(25)21-12-9-10-12/h1-8,11-12H,9-10H2,(H,21,25)(H,22,24)(H,23,26). The molecule has 1 heterocycles. The zero-order valence-corrected chi connectivity index (χ0v) is 13.9. The number of aromatic nitrogens is 1. The van der Waals surface area contributed by atoms with Crippen LogP contribution in [0.15, 0.2) is 59.4 Å². The van der Waals surface area contributed by atoms with Crippen molar-refractivity contribution >= 4 is 28.4 Å². The van der Waals surface area contributed by atoms with Gasteiger partial charge in [0.15, 0.2) is 0 Å². The number of nitrogens with one attached hydrogen (secondary N) is 3. The summed E-state index contributed by atoms with van der Waals surface area (Å²) in [4.78, 5) is 39.7. The summed E-state index contributed by atoms with van der Waals surface area (Å²) < 4.78 is 0. The van der Waals surface area contributed by atoms with Gasteiger partial charge >= 0.3 is 0 Å². The average molecular weight is 347 g/mol. The number of para-hydroxylation sites is 2. The third kappa shape index (κ3) is 3.21. The predicted molar refractivity (Wildman–Crippen MR) is 99.5 cm³/mol. The minimum Gasteiger partial charge on any atom is -0.349 e. The Balaban J connectivity index is 1.67. The molecule has 0 unspecified atom stereocenters. The third-order valence-corrected chi connectivity index (χ3v) is 4.33. The molecule has 1 aromatic heterocycles. The molecule has 0 bridgehead atoms. The van der Waals surface area contributed by atoms with Crippen molar-refractivity contribution in [1.29, 1.82) is 0 Å². The molecule has 1 saturated carbocycles. The predicted octanol–water partition coefficient (Wildman–Crippen LogP) is 2.67. The van der Waals surface area contributed by atoms with E-state index in [9.17, 15) is 14.4 Å². The van der Waals surface area contributed by atoms with E-state index in [0.29, 0.717) is 22.2 Å². The molecule has 0 saturated heterocycles. The molecule has 2 amide bonds. The molecule has 0 aliphatic heterocycles. The van der Waals surface area contributed by atoms with Gasteiger partial charge in [-0.1, -0.05) is 30.3 Å². The maximum Gasteiger partial charge on any atom is 0.256 e. The summed E-state index contributed by atoms with van der Waals surface area (Å²) in [6, 6.07) is 15.4. The highest BCUT2D eigenvalue weighted by Crippen LogP contribution is 2.22. The molecule has 130 valence electrons. The van der Waals surface area contributed by atoms with Crippen molar-refractivity contribution in [3.63, 3.8) is 0 Å². The van der Waals surface area contributed by atoms with E-state index in [1.54, 1.807) is 48.5 Å². The van der Waals surface area contributed by atoms with Crippen LogP contribution in [0, 0.1) is 0 Å². The Hall–Kier alpha value is -3.41. The van der Waals surface area contributed by atoms with E-state index in [1.165, 1.54) is 6.07 Å². The van der Waals surface area contributed by atoms with Gasteiger partial charge in [-0.15, -0.1) is 0 Å². The second-order valence-electron chi connectivity index (χ2n) is 6.34. The van der Waals surface area contributed by atoms with E-state index in [4.69, 9.17) is 0 Å². The van der Waals surface area contributed by atoms with Crippen LogP contribution in [0.1, 0.15) is 33.6 Å². The largest absolute Gasteiger partial charge is 0.349 e. The van der Waals surface area contributed by atoms with Gasteiger partial charge in [-0.25, -0.2) is 0 Å². The second-order valence-corrected chi connectivity index (χ2v) is 6.34. The number of fused-ring (bicyclic) bond motifs is 1. The zero-order valence-electron chi connectivity index (χ0n) is 13.9. The SMILES string of the molecule is O=C(NC1CC1)c1ccccc1NC(=O)c1cc(=O)[nH]c2ccccc12. The van der Waals surface area contributed by atoms with E-state index in [2.05, 4.69) is 15.6 Å². The molecule has 4 rings (SSSR count). The van der Waals surface area contributed by atoms with Crippen molar-refractivity contribution in [2.24, 2.45) is 0 Å². The van der Waals surface area contributed by atoms with Gasteiger partial charge in [0.25, 0.3) is 11.8 Å². The van der Waals surface area contributed by atoms with Crippen LogP contribution in [0.3, 0.4) is 0 Å². The molecule has 6 nitrogen and oxygen atoms in total. The monoisotopic (exact) mass is 347 g/mol. The summed E-state index contributed by atoms with van der Waals surface area (Å²) >= 11 is 0. The number of hydrogen-bond acceptors (Lipinski definition) is 3. The van der Waals surface area contributed by atoms with Crippen LogP contribution in [0.2, 0.25) is 0 Å². The summed E-state index contributed by atoms with van der Waals surface area (Å²) in [7, 11) is 0. The zero-order chi connectivity index (χ0) is 18.1. The molecule has 3 N–H and O–H groups in total. The van der Waals surface area contributed by atoms with E-state index < -0.39 is 5.91 Å². The van der Waals surface area contributed by atoms with Crippen molar-refractivity contribution in [1.82, 2.24) is 10.3 Å². The van der Waals surface area contributed by atoms with Gasteiger partial charge in [0.2, 0.25) is 5.56 Å². The number of carbonyl (C=O) groups is 2. The first-order valence-electron chi connectivity index (χ1n) is 8.45. The summed E-state index contributed by atoms with van der Waals surface area (Å²) in [5.74, 6) is -0.641. The molecule has 1 fully saturated rings.